The van der Waals surface area contributed by atoms with E-state index in [1.165, 1.54) is 17.3 Å². The van der Waals surface area contributed by atoms with Crippen molar-refractivity contribution in [3.8, 4) is 5.75 Å². The summed E-state index contributed by atoms with van der Waals surface area (Å²) in [7, 11) is 1.60. The molecule has 0 saturated carbocycles. The number of ether oxygens (including phenoxy) is 1. The quantitative estimate of drug-likeness (QED) is 0.717. The third kappa shape index (κ3) is 5.11. The van der Waals surface area contributed by atoms with Gasteiger partial charge in [0.2, 0.25) is 5.91 Å². The van der Waals surface area contributed by atoms with Crippen molar-refractivity contribution in [3.05, 3.63) is 58.1 Å². The Kier molecular flexibility index (Phi) is 6.86. The summed E-state index contributed by atoms with van der Waals surface area (Å²) >= 11 is 1.50. The van der Waals surface area contributed by atoms with Crippen LogP contribution in [0.4, 0.5) is 5.69 Å². The molecule has 0 unspecified atom stereocenters. The number of ketones is 1. The standard InChI is InChI=1S/C21H25NO3S/c1-13-8-14(2)21(15(3)9-13)22-20(24)12-26-11-18-10-17(16(4)23)6-7-19(18)25-5/h6-10H,11-12H2,1-5H3,(H,22,24). The molecule has 0 spiro atoms. The van der Waals surface area contributed by atoms with Gasteiger partial charge >= 0.3 is 0 Å². The molecule has 2 rings (SSSR count). The number of carbonyl (C=O) groups excluding carboxylic acids is 2. The molecule has 4 nitrogen and oxygen atoms in total. The second kappa shape index (κ2) is 8.90. The zero-order chi connectivity index (χ0) is 19.3. The number of hydrogen-bond acceptors (Lipinski definition) is 4. The van der Waals surface area contributed by atoms with Crippen molar-refractivity contribution >= 4 is 29.1 Å². The van der Waals surface area contributed by atoms with Crippen molar-refractivity contribution in [3.63, 3.8) is 0 Å². The molecule has 1 N–H and O–H groups in total. The molecule has 1 amide bonds. The Hall–Kier alpha value is -2.27. The van der Waals surface area contributed by atoms with Gasteiger partial charge in [-0.05, 0) is 57.0 Å². The maximum atomic E-state index is 12.3. The van der Waals surface area contributed by atoms with E-state index >= 15 is 0 Å². The van der Waals surface area contributed by atoms with E-state index in [1.54, 1.807) is 26.2 Å². The van der Waals surface area contributed by atoms with Crippen molar-refractivity contribution in [1.82, 2.24) is 0 Å². The second-order valence-corrected chi connectivity index (χ2v) is 7.38. The van der Waals surface area contributed by atoms with E-state index in [9.17, 15) is 9.59 Å². The summed E-state index contributed by atoms with van der Waals surface area (Å²) in [5, 5.41) is 3.01. The zero-order valence-corrected chi connectivity index (χ0v) is 16.8. The first-order chi connectivity index (χ1) is 12.3. The fraction of sp³-hybridized carbons (Fsp3) is 0.333. The number of thioether (sulfide) groups is 1. The SMILES string of the molecule is COc1ccc(C(C)=O)cc1CSCC(=O)Nc1c(C)cc(C)cc1C. The van der Waals surface area contributed by atoms with Crippen LogP contribution < -0.4 is 10.1 Å². The highest BCUT2D eigenvalue weighted by Gasteiger charge is 2.11. The highest BCUT2D eigenvalue weighted by atomic mass is 32.2. The van der Waals surface area contributed by atoms with E-state index in [1.807, 2.05) is 26.8 Å². The number of anilines is 1. The summed E-state index contributed by atoms with van der Waals surface area (Å²) in [6, 6.07) is 9.51. The molecular formula is C21H25NO3S. The summed E-state index contributed by atoms with van der Waals surface area (Å²) < 4.78 is 5.35. The lowest BCUT2D eigenvalue weighted by Crippen LogP contribution is -2.16. The average molecular weight is 372 g/mol. The molecule has 0 atom stereocenters. The molecule has 0 aliphatic rings. The second-order valence-electron chi connectivity index (χ2n) is 6.40. The van der Waals surface area contributed by atoms with Crippen molar-refractivity contribution in [1.29, 1.82) is 0 Å². The van der Waals surface area contributed by atoms with Crippen LogP contribution in [0.2, 0.25) is 0 Å². The van der Waals surface area contributed by atoms with E-state index < -0.39 is 0 Å². The number of benzene rings is 2. The molecule has 0 bridgehead atoms. The monoisotopic (exact) mass is 371 g/mol. The largest absolute Gasteiger partial charge is 0.496 e. The molecule has 0 saturated heterocycles. The van der Waals surface area contributed by atoms with Crippen LogP contribution in [-0.4, -0.2) is 24.6 Å². The van der Waals surface area contributed by atoms with Gasteiger partial charge in [0.15, 0.2) is 5.78 Å². The van der Waals surface area contributed by atoms with E-state index in [0.29, 0.717) is 17.1 Å². The molecule has 2 aromatic carbocycles. The lowest BCUT2D eigenvalue weighted by molar-refractivity contribution is -0.113. The van der Waals surface area contributed by atoms with E-state index in [-0.39, 0.29) is 11.7 Å². The minimum Gasteiger partial charge on any atom is -0.496 e. The van der Waals surface area contributed by atoms with Crippen molar-refractivity contribution in [2.75, 3.05) is 18.2 Å². The van der Waals surface area contributed by atoms with E-state index in [4.69, 9.17) is 4.74 Å². The number of hydrogen-bond donors (Lipinski definition) is 1. The predicted molar refractivity (Wildman–Crippen MR) is 108 cm³/mol. The Morgan fingerprint density at radius 3 is 2.31 bits per heavy atom. The minimum absolute atomic E-state index is 0.0157. The molecule has 0 aromatic heterocycles. The van der Waals surface area contributed by atoms with Crippen LogP contribution in [0.1, 0.15) is 39.5 Å². The first kappa shape index (κ1) is 20.0. The van der Waals surface area contributed by atoms with Crippen LogP contribution in [0.5, 0.6) is 5.75 Å². The Labute approximate surface area is 159 Å². The summed E-state index contributed by atoms with van der Waals surface area (Å²) in [4.78, 5) is 23.9. The number of aryl methyl sites for hydroxylation is 3. The van der Waals surface area contributed by atoms with Crippen LogP contribution in [0.3, 0.4) is 0 Å². The third-order valence-corrected chi connectivity index (χ3v) is 5.10. The van der Waals surface area contributed by atoms with Gasteiger partial charge in [0.05, 0.1) is 12.9 Å². The Morgan fingerprint density at radius 1 is 1.08 bits per heavy atom. The predicted octanol–water partition coefficient (Wildman–Crippen LogP) is 4.69. The fourth-order valence-corrected chi connectivity index (χ4v) is 3.72. The maximum Gasteiger partial charge on any atom is 0.234 e. The van der Waals surface area contributed by atoms with Crippen LogP contribution in [-0.2, 0) is 10.5 Å². The lowest BCUT2D eigenvalue weighted by Gasteiger charge is -2.13. The van der Waals surface area contributed by atoms with Crippen molar-refractivity contribution < 1.29 is 14.3 Å². The number of nitrogens with one attached hydrogen (secondary N) is 1. The summed E-state index contributed by atoms with van der Waals surface area (Å²) in [5.74, 6) is 1.64. The molecular weight excluding hydrogens is 346 g/mol. The molecule has 2 aromatic rings. The van der Waals surface area contributed by atoms with Gasteiger partial charge in [0.25, 0.3) is 0 Å². The van der Waals surface area contributed by atoms with Gasteiger partial charge in [-0.3, -0.25) is 9.59 Å². The number of Topliss-reactive ketones (excluding diaryl/α,β-unsaturated/α-hetero) is 1. The van der Waals surface area contributed by atoms with Gasteiger partial charge in [-0.15, -0.1) is 11.8 Å². The molecule has 0 fully saturated rings. The Bertz CT molecular complexity index is 807. The van der Waals surface area contributed by atoms with Crippen molar-refractivity contribution in [2.45, 2.75) is 33.4 Å². The Balaban J connectivity index is 1.99. The minimum atomic E-state index is -0.0354. The van der Waals surface area contributed by atoms with E-state index in [0.717, 1.165) is 28.1 Å². The van der Waals surface area contributed by atoms with Crippen LogP contribution >= 0.6 is 11.8 Å². The molecule has 0 aliphatic heterocycles. The molecule has 26 heavy (non-hydrogen) atoms. The van der Waals surface area contributed by atoms with Crippen LogP contribution in [0.15, 0.2) is 30.3 Å². The van der Waals surface area contributed by atoms with E-state index in [2.05, 4.69) is 17.4 Å². The zero-order valence-electron chi connectivity index (χ0n) is 15.9. The molecule has 0 radical (unpaired) electrons. The van der Waals surface area contributed by atoms with Gasteiger partial charge in [-0.2, -0.15) is 0 Å². The number of amides is 1. The van der Waals surface area contributed by atoms with Gasteiger partial charge in [0, 0.05) is 22.6 Å². The first-order valence-electron chi connectivity index (χ1n) is 8.45. The lowest BCUT2D eigenvalue weighted by atomic mass is 10.1. The number of rotatable bonds is 7. The third-order valence-electron chi connectivity index (χ3n) is 4.12. The maximum absolute atomic E-state index is 12.3. The Morgan fingerprint density at radius 2 is 1.73 bits per heavy atom. The molecule has 0 heterocycles. The normalized spacial score (nSPS) is 10.5. The molecule has 138 valence electrons. The topological polar surface area (TPSA) is 55.4 Å². The van der Waals surface area contributed by atoms with Gasteiger partial charge in [-0.1, -0.05) is 17.7 Å². The highest BCUT2D eigenvalue weighted by Crippen LogP contribution is 2.26. The fourth-order valence-electron chi connectivity index (χ4n) is 2.92. The highest BCUT2D eigenvalue weighted by molar-refractivity contribution is 7.99. The first-order valence-corrected chi connectivity index (χ1v) is 9.60. The summed E-state index contributed by atoms with van der Waals surface area (Å²) in [6.07, 6.45) is 0. The summed E-state index contributed by atoms with van der Waals surface area (Å²) in [5.41, 5.74) is 5.77. The smallest absolute Gasteiger partial charge is 0.234 e. The van der Waals surface area contributed by atoms with Crippen LogP contribution in [0.25, 0.3) is 0 Å². The summed E-state index contributed by atoms with van der Waals surface area (Å²) in [6.45, 7) is 7.59. The van der Waals surface area contributed by atoms with Crippen LogP contribution in [0, 0.1) is 20.8 Å². The van der Waals surface area contributed by atoms with Gasteiger partial charge in [0.1, 0.15) is 5.75 Å². The van der Waals surface area contributed by atoms with Gasteiger partial charge in [-0.25, -0.2) is 0 Å². The number of carbonyl (C=O) groups is 2. The molecule has 0 aliphatic carbocycles. The number of methoxy groups -OCH3 is 1. The van der Waals surface area contributed by atoms with Gasteiger partial charge < -0.3 is 10.1 Å². The molecule has 5 heteroatoms. The average Bonchev–Trinajstić information content (AvgIpc) is 2.57. The van der Waals surface area contributed by atoms with Crippen molar-refractivity contribution in [2.24, 2.45) is 0 Å².